The molecule has 1 N–H and O–H groups in total. The molecule has 2 heteroatoms. The Hall–Kier alpha value is -1.28. The van der Waals surface area contributed by atoms with E-state index in [0.29, 0.717) is 6.04 Å². The zero-order chi connectivity index (χ0) is 12.6. The number of hydrogen-bond acceptors (Lipinski definition) is 1. The van der Waals surface area contributed by atoms with Crippen LogP contribution in [-0.2, 0) is 6.42 Å². The molecule has 0 saturated carbocycles. The minimum Gasteiger partial charge on any atom is -0.393 e. The van der Waals surface area contributed by atoms with Gasteiger partial charge in [0, 0.05) is 23.1 Å². The van der Waals surface area contributed by atoms with Gasteiger partial charge in [-0.05, 0) is 57.4 Å². The van der Waals surface area contributed by atoms with E-state index >= 15 is 0 Å². The fourth-order valence-electron chi connectivity index (χ4n) is 2.37. The average molecular weight is 231 g/mol. The number of hydrogen-bond donors (Lipinski definition) is 1. The normalized spacial score (nSPS) is 13.5. The zero-order valence-electron chi connectivity index (χ0n) is 11.1. The summed E-state index contributed by atoms with van der Waals surface area (Å²) < 4.78 is 2.30. The van der Waals surface area contributed by atoms with Crippen molar-refractivity contribution in [3.63, 3.8) is 0 Å². The van der Waals surface area contributed by atoms with Gasteiger partial charge in [0.15, 0.2) is 0 Å². The minimum absolute atomic E-state index is 0.278. The highest BCUT2D eigenvalue weighted by atomic mass is 16.3. The van der Waals surface area contributed by atoms with Crippen LogP contribution in [0.4, 0.5) is 0 Å². The van der Waals surface area contributed by atoms with Gasteiger partial charge in [-0.15, -0.1) is 0 Å². The van der Waals surface area contributed by atoms with Crippen LogP contribution in [-0.4, -0.2) is 15.8 Å². The molecule has 0 amide bonds. The third-order valence-electron chi connectivity index (χ3n) is 3.18. The molecule has 1 unspecified atom stereocenters. The zero-order valence-corrected chi connectivity index (χ0v) is 11.1. The molecule has 0 saturated heterocycles. The van der Waals surface area contributed by atoms with E-state index in [4.69, 9.17) is 0 Å². The van der Waals surface area contributed by atoms with E-state index in [2.05, 4.69) is 49.7 Å². The monoisotopic (exact) mass is 231 g/mol. The van der Waals surface area contributed by atoms with Crippen LogP contribution < -0.4 is 0 Å². The molecule has 2 aromatic rings. The molecule has 0 aliphatic heterocycles. The van der Waals surface area contributed by atoms with E-state index in [1.165, 1.54) is 22.0 Å². The molecule has 0 radical (unpaired) electrons. The van der Waals surface area contributed by atoms with Crippen molar-refractivity contribution in [3.8, 4) is 0 Å². The standard InChI is InChI=1S/C15H21NO/c1-10(2)16-9-11(3)14-8-13(7-12(4)17)5-6-15(14)16/h5-6,8-10,12,17H,7H2,1-4H3. The van der Waals surface area contributed by atoms with Gasteiger partial charge < -0.3 is 9.67 Å². The van der Waals surface area contributed by atoms with Crippen LogP contribution in [0.15, 0.2) is 24.4 Å². The van der Waals surface area contributed by atoms with Crippen molar-refractivity contribution in [3.05, 3.63) is 35.5 Å². The highest BCUT2D eigenvalue weighted by Crippen LogP contribution is 2.25. The largest absolute Gasteiger partial charge is 0.393 e. The molecule has 1 aromatic heterocycles. The molecular weight excluding hydrogens is 210 g/mol. The van der Waals surface area contributed by atoms with Crippen molar-refractivity contribution >= 4 is 10.9 Å². The number of rotatable bonds is 3. The van der Waals surface area contributed by atoms with Gasteiger partial charge >= 0.3 is 0 Å². The molecule has 92 valence electrons. The lowest BCUT2D eigenvalue weighted by molar-refractivity contribution is 0.195. The van der Waals surface area contributed by atoms with E-state index in [1.807, 2.05) is 6.92 Å². The SMILES string of the molecule is Cc1cn(C(C)C)c2ccc(CC(C)O)cc12. The van der Waals surface area contributed by atoms with Gasteiger partial charge in [-0.1, -0.05) is 6.07 Å². The average Bonchev–Trinajstić information content (AvgIpc) is 2.55. The fourth-order valence-corrected chi connectivity index (χ4v) is 2.37. The third kappa shape index (κ3) is 2.37. The van der Waals surface area contributed by atoms with Crippen LogP contribution in [0.25, 0.3) is 10.9 Å². The summed E-state index contributed by atoms with van der Waals surface area (Å²) in [6.07, 6.45) is 2.66. The second-order valence-corrected chi connectivity index (χ2v) is 5.22. The van der Waals surface area contributed by atoms with Crippen molar-refractivity contribution in [1.29, 1.82) is 0 Å². The number of benzene rings is 1. The quantitative estimate of drug-likeness (QED) is 0.860. The van der Waals surface area contributed by atoms with Crippen molar-refractivity contribution in [1.82, 2.24) is 4.57 Å². The summed E-state index contributed by atoms with van der Waals surface area (Å²) >= 11 is 0. The first-order valence-electron chi connectivity index (χ1n) is 6.27. The summed E-state index contributed by atoms with van der Waals surface area (Å²) in [7, 11) is 0. The van der Waals surface area contributed by atoms with Gasteiger partial charge in [-0.25, -0.2) is 0 Å². The van der Waals surface area contributed by atoms with E-state index < -0.39 is 0 Å². The summed E-state index contributed by atoms with van der Waals surface area (Å²) in [5.41, 5.74) is 3.80. The van der Waals surface area contributed by atoms with Crippen molar-refractivity contribution < 1.29 is 5.11 Å². The van der Waals surface area contributed by atoms with Gasteiger partial charge in [-0.3, -0.25) is 0 Å². The number of aliphatic hydroxyl groups is 1. The van der Waals surface area contributed by atoms with Crippen LogP contribution in [0.1, 0.15) is 37.9 Å². The maximum atomic E-state index is 9.44. The summed E-state index contributed by atoms with van der Waals surface area (Å²) in [6, 6.07) is 6.97. The van der Waals surface area contributed by atoms with Crippen molar-refractivity contribution in [2.24, 2.45) is 0 Å². The summed E-state index contributed by atoms with van der Waals surface area (Å²) in [4.78, 5) is 0. The van der Waals surface area contributed by atoms with Crippen LogP contribution in [0.2, 0.25) is 0 Å². The van der Waals surface area contributed by atoms with Crippen molar-refractivity contribution in [2.75, 3.05) is 0 Å². The molecular formula is C15H21NO. The molecule has 0 aliphatic carbocycles. The first kappa shape index (κ1) is 12.2. The van der Waals surface area contributed by atoms with Gasteiger partial charge in [0.2, 0.25) is 0 Å². The number of aryl methyl sites for hydroxylation is 1. The maximum Gasteiger partial charge on any atom is 0.0552 e. The number of fused-ring (bicyclic) bond motifs is 1. The molecule has 0 fully saturated rings. The summed E-state index contributed by atoms with van der Waals surface area (Å²) in [5.74, 6) is 0. The molecule has 2 rings (SSSR count). The molecule has 17 heavy (non-hydrogen) atoms. The molecule has 0 spiro atoms. The van der Waals surface area contributed by atoms with Crippen molar-refractivity contribution in [2.45, 2.75) is 46.3 Å². The maximum absolute atomic E-state index is 9.44. The minimum atomic E-state index is -0.278. The number of aliphatic hydroxyl groups excluding tert-OH is 1. The van der Waals surface area contributed by atoms with Crippen LogP contribution >= 0.6 is 0 Å². The second kappa shape index (κ2) is 4.53. The Morgan fingerprint density at radius 1 is 1.24 bits per heavy atom. The Labute approximate surface area is 103 Å². The number of aromatic nitrogens is 1. The van der Waals surface area contributed by atoms with E-state index in [9.17, 15) is 5.11 Å². The van der Waals surface area contributed by atoms with Gasteiger partial charge in [0.05, 0.1) is 6.10 Å². The molecule has 1 aromatic carbocycles. The highest BCUT2D eigenvalue weighted by Gasteiger charge is 2.09. The lowest BCUT2D eigenvalue weighted by Gasteiger charge is -2.10. The summed E-state index contributed by atoms with van der Waals surface area (Å²) in [6.45, 7) is 8.37. The first-order chi connectivity index (χ1) is 7.99. The lowest BCUT2D eigenvalue weighted by Crippen LogP contribution is -2.04. The van der Waals surface area contributed by atoms with Gasteiger partial charge in [-0.2, -0.15) is 0 Å². The van der Waals surface area contributed by atoms with Gasteiger partial charge in [0.25, 0.3) is 0 Å². The first-order valence-corrected chi connectivity index (χ1v) is 6.27. The van der Waals surface area contributed by atoms with E-state index in [0.717, 1.165) is 6.42 Å². The van der Waals surface area contributed by atoms with Crippen LogP contribution in [0.3, 0.4) is 0 Å². The Morgan fingerprint density at radius 2 is 1.94 bits per heavy atom. The number of nitrogens with zero attached hydrogens (tertiary/aromatic N) is 1. The topological polar surface area (TPSA) is 25.2 Å². The molecule has 0 aliphatic rings. The predicted octanol–water partition coefficient (Wildman–Crippen LogP) is 3.45. The second-order valence-electron chi connectivity index (χ2n) is 5.22. The molecule has 0 bridgehead atoms. The Bertz CT molecular complexity index is 523. The Morgan fingerprint density at radius 3 is 2.53 bits per heavy atom. The van der Waals surface area contributed by atoms with Gasteiger partial charge in [0.1, 0.15) is 0 Å². The van der Waals surface area contributed by atoms with Crippen LogP contribution in [0.5, 0.6) is 0 Å². The molecule has 1 atom stereocenters. The smallest absolute Gasteiger partial charge is 0.0552 e. The summed E-state index contributed by atoms with van der Waals surface area (Å²) in [5, 5.41) is 10.7. The van der Waals surface area contributed by atoms with Crippen LogP contribution in [0, 0.1) is 6.92 Å². The molecule has 2 nitrogen and oxygen atoms in total. The highest BCUT2D eigenvalue weighted by molar-refractivity contribution is 5.84. The Balaban J connectivity index is 2.51. The van der Waals surface area contributed by atoms with E-state index in [-0.39, 0.29) is 6.10 Å². The third-order valence-corrected chi connectivity index (χ3v) is 3.18. The van der Waals surface area contributed by atoms with E-state index in [1.54, 1.807) is 0 Å². The Kier molecular flexibility index (Phi) is 3.25. The lowest BCUT2D eigenvalue weighted by atomic mass is 10.1. The molecule has 1 heterocycles. The predicted molar refractivity (Wildman–Crippen MR) is 72.4 cm³/mol. The fraction of sp³-hybridized carbons (Fsp3) is 0.467.